The summed E-state index contributed by atoms with van der Waals surface area (Å²) in [6.45, 7) is 10.3. The van der Waals surface area contributed by atoms with Gasteiger partial charge in [0.05, 0.1) is 48.0 Å². The van der Waals surface area contributed by atoms with Crippen LogP contribution >= 0.6 is 15.9 Å². The summed E-state index contributed by atoms with van der Waals surface area (Å²) in [6.07, 6.45) is 10.2. The molecular weight excluding hydrogens is 1400 g/mol. The normalized spacial score (nSPS) is 18.7. The topological polar surface area (TPSA) is 643 Å². The van der Waals surface area contributed by atoms with E-state index >= 15 is 0 Å². The maximum absolute atomic E-state index is 10.8. The molecule has 4 aliphatic rings. The number of aryl methyl sites for hydroxylation is 2. The second-order valence-corrected chi connectivity index (χ2v) is 22.5. The van der Waals surface area contributed by atoms with Crippen molar-refractivity contribution in [1.82, 2.24) is 34.8 Å². The van der Waals surface area contributed by atoms with Crippen LogP contribution in [0.15, 0.2) is 59.4 Å². The summed E-state index contributed by atoms with van der Waals surface area (Å²) in [6, 6.07) is 5.28. The molecule has 38 heteroatoms. The Hall–Kier alpha value is -11.5. The number of carboxylic acids is 13. The molecule has 0 aliphatic heterocycles. The summed E-state index contributed by atoms with van der Waals surface area (Å²) in [5.74, 6) is -15.8. The average molecular weight is 1480 g/mol. The molecule has 0 spiro atoms. The molecule has 4 saturated carbocycles. The van der Waals surface area contributed by atoms with Crippen molar-refractivity contribution in [3.05, 3.63) is 110 Å². The van der Waals surface area contributed by atoms with Crippen LogP contribution in [0.3, 0.4) is 0 Å². The quantitative estimate of drug-likeness (QED) is 0.0270. The summed E-state index contributed by atoms with van der Waals surface area (Å²) in [7, 11) is 0. The minimum atomic E-state index is -1.34. The van der Waals surface area contributed by atoms with E-state index in [-0.39, 0.29) is 76.6 Å². The number of nitrogens with zero attached hydrogens (tertiary/aromatic N) is 3. The molecule has 9 atom stereocenters. The number of H-pyrrole nitrogens is 3. The van der Waals surface area contributed by atoms with Crippen molar-refractivity contribution >= 4 is 117 Å². The van der Waals surface area contributed by atoms with E-state index in [2.05, 4.69) is 48.1 Å². The number of aromatic nitrogens is 6. The number of benzene rings is 1. The zero-order valence-corrected chi connectivity index (χ0v) is 55.2. The molecule has 8 unspecified atom stereocenters. The van der Waals surface area contributed by atoms with E-state index in [0.717, 1.165) is 43.6 Å². The van der Waals surface area contributed by atoms with Crippen molar-refractivity contribution in [1.29, 1.82) is 0 Å². The average Bonchev–Trinajstić information content (AvgIpc) is 1.63. The summed E-state index contributed by atoms with van der Waals surface area (Å²) >= 11 is 2.83. The molecule has 548 valence electrons. The highest BCUT2D eigenvalue weighted by Crippen LogP contribution is 2.53. The number of carbonyl (C=O) groups is 16. The minimum absolute atomic E-state index is 0. The van der Waals surface area contributed by atoms with Gasteiger partial charge in [-0.3, -0.25) is 38.5 Å². The fourth-order valence-electron chi connectivity index (χ4n) is 10.8. The van der Waals surface area contributed by atoms with Crippen LogP contribution in [0.5, 0.6) is 0 Å². The molecule has 100 heavy (non-hydrogen) atoms. The van der Waals surface area contributed by atoms with Crippen molar-refractivity contribution in [2.75, 3.05) is 5.33 Å². The number of alkyl halides is 1. The van der Waals surface area contributed by atoms with Gasteiger partial charge in [0.15, 0.2) is 34.3 Å². The zero-order chi connectivity index (χ0) is 76.0. The van der Waals surface area contributed by atoms with E-state index < -0.39 is 131 Å². The smallest absolute Gasteiger partial charge is 0.357 e. The van der Waals surface area contributed by atoms with E-state index in [1.165, 1.54) is 43.9 Å². The Morgan fingerprint density at radius 3 is 1.41 bits per heavy atom. The van der Waals surface area contributed by atoms with Gasteiger partial charge < -0.3 is 86.2 Å². The summed E-state index contributed by atoms with van der Waals surface area (Å²) in [5, 5.41) is 114. The Morgan fingerprint density at radius 1 is 0.610 bits per heavy atom. The lowest BCUT2D eigenvalue weighted by Crippen LogP contribution is -2.41. The van der Waals surface area contributed by atoms with Crippen LogP contribution < -0.4 is 11.0 Å². The van der Waals surface area contributed by atoms with Crippen LogP contribution in [-0.4, -0.2) is 202 Å². The molecule has 1 amide bonds. The summed E-state index contributed by atoms with van der Waals surface area (Å²) in [5.41, 5.74) is -1.18. The molecular formula is C62H78BrN7O30. The molecule has 17 N–H and O–H groups in total. The Morgan fingerprint density at radius 2 is 1.09 bits per heavy atom. The van der Waals surface area contributed by atoms with Gasteiger partial charge in [-0.1, -0.05) is 74.0 Å². The van der Waals surface area contributed by atoms with Crippen molar-refractivity contribution in [2.45, 2.75) is 119 Å². The van der Waals surface area contributed by atoms with Gasteiger partial charge in [-0.2, -0.15) is 0 Å². The number of aromatic amines is 3. The number of fused-ring (bicyclic) bond motifs is 4. The number of rotatable bonds is 22. The SMILES string of the molecule is C.CC(=O)c1[nH]c(=O)[nH]c1C(=O)O.CC(=O)c1nc[nH]c1C(=O)O.CC1C2CCC(C2)C1C(=O)O.CCC(=O)N[C@@H](CC(=O)O)C(=O)O.CCCn1cnc(C(=O)O)c1C(=O)O.Cc1ccc(/C(=C\C(=O)O)C(=O)O)cc1.O=C(O)/C=C(\CBr)C(=O)O.O=C(O)C1C2CCC(C2)C1C(=O)O. The Balaban J connectivity index is 0.00000112. The van der Waals surface area contributed by atoms with Crippen molar-refractivity contribution in [3.63, 3.8) is 0 Å². The first kappa shape index (κ1) is 88.5. The number of hydrogen-bond donors (Lipinski definition) is 17. The molecule has 4 aromatic rings. The molecule has 0 radical (unpaired) electrons. The standard InChI is InChI=1S/C11H10O4.C9H12O4.C9H14O2.C8H10N2O4.C7H11NO5.C6H6N2O4.C6H6N2O3.C5H5BrO4.CH4/c1-7-2-4-8(5-3-7)9(11(14)15)6-10(12)13;10-8(11)6-4-1-2-5(3-4)7(6)9(12)13;1-5-6-2-3-7(4-6)8(5)9(10)11;1-2-3-10-4-9-5(7(11)12)6(10)8(13)14;1-2-5(9)8-4(7(12)13)3-6(10)11;1-2(9)3-4(5(10)11)8-6(12)7-3;1-3(9)4-5(6(10)11)8-2-7-4;6-2-3(5(9)10)1-4(7)8;/h2-6H,1H3,(H,12,13)(H,14,15);4-7H,1-3H2,(H,10,11)(H,12,13);5-8H,2-4H2,1H3,(H,10,11);4H,2-3H2,1H3,(H,11,12)(H,13,14);4H,2-3H2,1H3,(H,8,9)(H,10,11)(H,12,13);1H3,(H,10,11)(H2,7,8,12);2H,1H3,(H,7,8)(H,10,11);1H,2H2,(H,7,8)(H,9,10);1H4/b9-6+;;;;;;;3-1+;/t;;;;4-;;;;/m....0..../s1. The molecule has 3 aromatic heterocycles. The number of amides is 1. The number of carbonyl (C=O) groups excluding carboxylic acids is 3. The fourth-order valence-corrected chi connectivity index (χ4v) is 11.2. The number of imidazole rings is 3. The maximum Gasteiger partial charge on any atom is 0.357 e. The van der Waals surface area contributed by atoms with E-state index in [9.17, 15) is 81.5 Å². The Labute approximate surface area is 574 Å². The van der Waals surface area contributed by atoms with Gasteiger partial charge in [-0.15, -0.1) is 0 Å². The number of halogens is 1. The van der Waals surface area contributed by atoms with Crippen LogP contribution in [-0.2, 0) is 54.5 Å². The number of Topliss-reactive ketones (excluding diaryl/α,β-unsaturated/α-hetero) is 2. The highest BCUT2D eigenvalue weighted by molar-refractivity contribution is 9.09. The molecule has 4 bridgehead atoms. The third-order valence-corrected chi connectivity index (χ3v) is 15.8. The largest absolute Gasteiger partial charge is 0.481 e. The van der Waals surface area contributed by atoms with Gasteiger partial charge >= 0.3 is 83.3 Å². The van der Waals surface area contributed by atoms with Gasteiger partial charge in [-0.25, -0.2) is 57.9 Å². The van der Waals surface area contributed by atoms with Gasteiger partial charge in [0, 0.05) is 44.3 Å². The number of nitrogens with one attached hydrogen (secondary N) is 4. The Kier molecular flexibility index (Phi) is 37.4. The molecule has 1 aromatic carbocycles. The van der Waals surface area contributed by atoms with E-state index in [0.29, 0.717) is 36.1 Å². The first-order chi connectivity index (χ1) is 46.1. The third-order valence-electron chi connectivity index (χ3n) is 15.2. The lowest BCUT2D eigenvalue weighted by Gasteiger charge is -2.24. The van der Waals surface area contributed by atoms with Crippen molar-refractivity contribution in [2.24, 2.45) is 47.3 Å². The number of hydrogen-bond acceptors (Lipinski definition) is 19. The highest BCUT2D eigenvalue weighted by Gasteiger charge is 2.54. The van der Waals surface area contributed by atoms with Crippen LogP contribution in [0.4, 0.5) is 0 Å². The number of aliphatic carboxylic acids is 9. The van der Waals surface area contributed by atoms with Gasteiger partial charge in [0.2, 0.25) is 5.91 Å². The molecule has 4 aliphatic carbocycles. The first-order valence-corrected chi connectivity index (χ1v) is 30.5. The van der Waals surface area contributed by atoms with Crippen LogP contribution in [0.2, 0.25) is 0 Å². The second kappa shape index (κ2) is 42.3. The first-order valence-electron chi connectivity index (χ1n) is 29.3. The van der Waals surface area contributed by atoms with E-state index in [1.807, 2.05) is 18.8 Å². The molecule has 37 nitrogen and oxygen atoms in total. The fraction of sp³-hybridized carbons (Fsp3) is 0.435. The van der Waals surface area contributed by atoms with Gasteiger partial charge in [0.25, 0.3) is 0 Å². The Bertz CT molecular complexity index is 3670. The lowest BCUT2D eigenvalue weighted by molar-refractivity contribution is -0.156. The number of aromatic carboxylic acids is 4. The van der Waals surface area contributed by atoms with E-state index in [4.69, 9.17) is 66.4 Å². The molecule has 4 fully saturated rings. The third kappa shape index (κ3) is 27.9. The predicted octanol–water partition coefficient (Wildman–Crippen LogP) is 5.28. The summed E-state index contributed by atoms with van der Waals surface area (Å²) in [4.78, 5) is 193. The molecule has 3 heterocycles. The predicted molar refractivity (Wildman–Crippen MR) is 345 cm³/mol. The van der Waals surface area contributed by atoms with Gasteiger partial charge in [-0.05, 0) is 87.0 Å². The van der Waals surface area contributed by atoms with Crippen LogP contribution in [0.1, 0.15) is 174 Å². The second-order valence-electron chi connectivity index (χ2n) is 22.0. The zero-order valence-electron chi connectivity index (χ0n) is 53.6. The number of carboxylic acid groups (broad SMARTS) is 13. The highest BCUT2D eigenvalue weighted by atomic mass is 79.9. The monoisotopic (exact) mass is 1480 g/mol. The van der Waals surface area contributed by atoms with Crippen LogP contribution in [0.25, 0.3) is 5.57 Å². The van der Waals surface area contributed by atoms with E-state index in [1.54, 1.807) is 31.2 Å². The molecule has 0 saturated heterocycles. The number of ketones is 2. The molecule has 8 rings (SSSR count). The summed E-state index contributed by atoms with van der Waals surface area (Å²) < 4.78 is 1.33. The maximum atomic E-state index is 10.8. The van der Waals surface area contributed by atoms with Crippen molar-refractivity contribution < 1.29 is 143 Å². The van der Waals surface area contributed by atoms with Crippen LogP contribution in [0, 0.1) is 54.3 Å². The van der Waals surface area contributed by atoms with Crippen molar-refractivity contribution in [3.8, 4) is 0 Å². The lowest BCUT2D eigenvalue weighted by atomic mass is 9.79. The van der Waals surface area contributed by atoms with Gasteiger partial charge in [0.1, 0.15) is 17.4 Å². The minimum Gasteiger partial charge on any atom is -0.481 e.